The first kappa shape index (κ1) is 25.3. The summed E-state index contributed by atoms with van der Waals surface area (Å²) in [5.41, 5.74) is 1.32. The molecule has 0 bridgehead atoms. The summed E-state index contributed by atoms with van der Waals surface area (Å²) in [4.78, 5) is 12.9. The zero-order valence-electron chi connectivity index (χ0n) is 20.3. The highest BCUT2D eigenvalue weighted by molar-refractivity contribution is 5.84. The van der Waals surface area contributed by atoms with Crippen LogP contribution >= 0.6 is 0 Å². The van der Waals surface area contributed by atoms with E-state index >= 15 is 0 Å². The fourth-order valence-electron chi connectivity index (χ4n) is 5.36. The molecule has 1 aliphatic carbocycles. The van der Waals surface area contributed by atoms with Gasteiger partial charge in [0, 0.05) is 44.7 Å². The van der Waals surface area contributed by atoms with Crippen molar-refractivity contribution < 1.29 is 23.7 Å². The molecule has 34 heavy (non-hydrogen) atoms. The van der Waals surface area contributed by atoms with Crippen LogP contribution in [0.3, 0.4) is 0 Å². The Labute approximate surface area is 204 Å². The molecule has 0 amide bonds. The molecule has 1 aromatic rings. The molecule has 0 spiro atoms. The van der Waals surface area contributed by atoms with Crippen molar-refractivity contribution in [3.8, 4) is 0 Å². The third-order valence-electron chi connectivity index (χ3n) is 7.31. The van der Waals surface area contributed by atoms with Crippen molar-refractivity contribution in [2.45, 2.75) is 75.8 Å². The smallest absolute Gasteiger partial charge is 0.139 e. The van der Waals surface area contributed by atoms with Crippen LogP contribution in [-0.2, 0) is 30.2 Å². The van der Waals surface area contributed by atoms with Gasteiger partial charge in [-0.15, -0.1) is 6.58 Å². The summed E-state index contributed by atoms with van der Waals surface area (Å²) in [6.07, 6.45) is 13.4. The lowest BCUT2D eigenvalue weighted by Gasteiger charge is -2.29. The molecule has 3 fully saturated rings. The Morgan fingerprint density at radius 2 is 1.68 bits per heavy atom. The quantitative estimate of drug-likeness (QED) is 0.424. The second-order valence-corrected chi connectivity index (χ2v) is 9.76. The maximum atomic E-state index is 12.9. The van der Waals surface area contributed by atoms with Crippen LogP contribution in [-0.4, -0.2) is 56.6 Å². The predicted molar refractivity (Wildman–Crippen MR) is 133 cm³/mol. The molecule has 2 aliphatic heterocycles. The average Bonchev–Trinajstić information content (AvgIpc) is 3.16. The highest BCUT2D eigenvalue weighted by Gasteiger charge is 2.42. The van der Waals surface area contributed by atoms with Gasteiger partial charge in [-0.3, -0.25) is 4.79 Å². The standard InChI is InChI=1S/C29H40O5/c1-2-6-26-27(29(21-28(26)30)34-25-15-19-32-20-16-25)12-11-23(33-24-13-17-31-18-14-24)10-9-22-7-4-3-5-8-22/h2-5,7-8,11-12,23-27,29H,1,6,9-10,13-21H2/b12-11+/t23-,26+,27+,29+/m0/s1. The Hall–Kier alpha value is -1.79. The molecule has 5 nitrogen and oxygen atoms in total. The molecule has 186 valence electrons. The molecule has 4 rings (SSSR count). The molecule has 2 saturated heterocycles. The van der Waals surface area contributed by atoms with E-state index in [-0.39, 0.29) is 42.0 Å². The summed E-state index contributed by atoms with van der Waals surface area (Å²) in [5.74, 6) is 0.292. The van der Waals surface area contributed by atoms with Gasteiger partial charge in [0.25, 0.3) is 0 Å². The number of benzene rings is 1. The van der Waals surface area contributed by atoms with Crippen molar-refractivity contribution in [3.63, 3.8) is 0 Å². The van der Waals surface area contributed by atoms with Crippen LogP contribution in [0.2, 0.25) is 0 Å². The molecule has 0 radical (unpaired) electrons. The SMILES string of the molecule is C=CC[C@H]1C(=O)C[C@@H](OC2CCOCC2)[C@@H]1/C=C/[C@H](CCc1ccccc1)OC1CCOCC1. The van der Waals surface area contributed by atoms with Gasteiger partial charge in [-0.05, 0) is 50.5 Å². The summed E-state index contributed by atoms with van der Waals surface area (Å²) in [6, 6.07) is 10.6. The summed E-state index contributed by atoms with van der Waals surface area (Å²) >= 11 is 0. The van der Waals surface area contributed by atoms with Crippen LogP contribution in [0, 0.1) is 11.8 Å². The lowest BCUT2D eigenvalue weighted by molar-refractivity contribution is -0.121. The Balaban J connectivity index is 1.46. The minimum atomic E-state index is -0.0744. The van der Waals surface area contributed by atoms with E-state index in [0.717, 1.165) is 65.0 Å². The molecule has 5 heteroatoms. The Kier molecular flexibility index (Phi) is 9.93. The molecule has 2 heterocycles. The molecule has 0 unspecified atom stereocenters. The van der Waals surface area contributed by atoms with Crippen molar-refractivity contribution in [1.29, 1.82) is 0 Å². The van der Waals surface area contributed by atoms with Crippen LogP contribution in [0.5, 0.6) is 0 Å². The predicted octanol–water partition coefficient (Wildman–Crippen LogP) is 5.09. The van der Waals surface area contributed by atoms with Crippen molar-refractivity contribution in [2.75, 3.05) is 26.4 Å². The number of allylic oxidation sites excluding steroid dienone is 1. The number of rotatable bonds is 11. The maximum absolute atomic E-state index is 12.9. The topological polar surface area (TPSA) is 54.0 Å². The molecule has 1 aromatic carbocycles. The van der Waals surface area contributed by atoms with Crippen molar-refractivity contribution >= 4 is 5.78 Å². The Bertz CT molecular complexity index is 779. The van der Waals surface area contributed by atoms with Crippen LogP contribution in [0.1, 0.15) is 50.5 Å². The summed E-state index contributed by atoms with van der Waals surface area (Å²) in [6.45, 7) is 6.90. The van der Waals surface area contributed by atoms with Gasteiger partial charge in [0.1, 0.15) is 5.78 Å². The van der Waals surface area contributed by atoms with Gasteiger partial charge in [-0.25, -0.2) is 0 Å². The van der Waals surface area contributed by atoms with E-state index in [1.807, 2.05) is 6.08 Å². The van der Waals surface area contributed by atoms with Gasteiger partial charge < -0.3 is 18.9 Å². The van der Waals surface area contributed by atoms with E-state index in [0.29, 0.717) is 12.8 Å². The molecule has 1 saturated carbocycles. The average molecular weight is 469 g/mol. The molecular weight excluding hydrogens is 428 g/mol. The normalized spacial score (nSPS) is 27.9. The Morgan fingerprint density at radius 1 is 1.00 bits per heavy atom. The molecule has 4 atom stereocenters. The molecule has 0 N–H and O–H groups in total. The second kappa shape index (κ2) is 13.3. The number of hydrogen-bond donors (Lipinski definition) is 0. The number of aryl methyl sites for hydroxylation is 1. The first-order valence-corrected chi connectivity index (χ1v) is 13.0. The lowest BCUT2D eigenvalue weighted by atomic mass is 9.90. The number of hydrogen-bond acceptors (Lipinski definition) is 5. The van der Waals surface area contributed by atoms with Gasteiger partial charge in [-0.2, -0.15) is 0 Å². The van der Waals surface area contributed by atoms with Crippen LogP contribution < -0.4 is 0 Å². The number of Topliss-reactive ketones (excluding diaryl/α,β-unsaturated/α-hetero) is 1. The summed E-state index contributed by atoms with van der Waals surface area (Å²) in [5, 5.41) is 0. The third kappa shape index (κ3) is 7.35. The van der Waals surface area contributed by atoms with Gasteiger partial charge in [0.05, 0.1) is 24.4 Å². The maximum Gasteiger partial charge on any atom is 0.139 e. The van der Waals surface area contributed by atoms with Crippen molar-refractivity contribution in [1.82, 2.24) is 0 Å². The fraction of sp³-hybridized carbons (Fsp3) is 0.621. The minimum absolute atomic E-state index is 0.00659. The van der Waals surface area contributed by atoms with Crippen molar-refractivity contribution in [3.05, 3.63) is 60.7 Å². The zero-order chi connectivity index (χ0) is 23.6. The monoisotopic (exact) mass is 468 g/mol. The van der Waals surface area contributed by atoms with E-state index in [4.69, 9.17) is 18.9 Å². The van der Waals surface area contributed by atoms with Crippen molar-refractivity contribution in [2.24, 2.45) is 11.8 Å². The molecular formula is C29H40O5. The lowest BCUT2D eigenvalue weighted by Crippen LogP contribution is -2.31. The van der Waals surface area contributed by atoms with E-state index in [1.165, 1.54) is 5.56 Å². The van der Waals surface area contributed by atoms with E-state index < -0.39 is 0 Å². The van der Waals surface area contributed by atoms with Gasteiger partial charge >= 0.3 is 0 Å². The van der Waals surface area contributed by atoms with E-state index in [1.54, 1.807) is 0 Å². The molecule has 0 aromatic heterocycles. The number of carbonyl (C=O) groups excluding carboxylic acids is 1. The van der Waals surface area contributed by atoms with Gasteiger partial charge in [0.15, 0.2) is 0 Å². The second-order valence-electron chi connectivity index (χ2n) is 9.76. The van der Waals surface area contributed by atoms with Crippen LogP contribution in [0.4, 0.5) is 0 Å². The molecule has 3 aliphatic rings. The van der Waals surface area contributed by atoms with Gasteiger partial charge in [-0.1, -0.05) is 48.6 Å². The summed E-state index contributed by atoms with van der Waals surface area (Å²) < 4.78 is 24.0. The zero-order valence-corrected chi connectivity index (χ0v) is 20.3. The third-order valence-corrected chi connectivity index (χ3v) is 7.31. The fourth-order valence-corrected chi connectivity index (χ4v) is 5.36. The highest BCUT2D eigenvalue weighted by atomic mass is 16.5. The number of carbonyl (C=O) groups is 1. The van der Waals surface area contributed by atoms with Crippen LogP contribution in [0.25, 0.3) is 0 Å². The number of ketones is 1. The van der Waals surface area contributed by atoms with Crippen LogP contribution in [0.15, 0.2) is 55.1 Å². The minimum Gasteiger partial charge on any atom is -0.381 e. The highest BCUT2D eigenvalue weighted by Crippen LogP contribution is 2.37. The first-order chi connectivity index (χ1) is 16.7. The number of ether oxygens (including phenoxy) is 4. The first-order valence-electron chi connectivity index (χ1n) is 13.0. The van der Waals surface area contributed by atoms with Gasteiger partial charge in [0.2, 0.25) is 0 Å². The summed E-state index contributed by atoms with van der Waals surface area (Å²) in [7, 11) is 0. The largest absolute Gasteiger partial charge is 0.381 e. The van der Waals surface area contributed by atoms with E-state index in [9.17, 15) is 4.79 Å². The Morgan fingerprint density at radius 3 is 2.35 bits per heavy atom. The van der Waals surface area contributed by atoms with E-state index in [2.05, 4.69) is 49.1 Å².